The van der Waals surface area contributed by atoms with Crippen molar-refractivity contribution in [1.29, 1.82) is 0 Å². The van der Waals surface area contributed by atoms with Crippen LogP contribution in [0.3, 0.4) is 0 Å². The number of aryl methyl sites for hydroxylation is 2. The zero-order chi connectivity index (χ0) is 28.6. The number of fused-ring (bicyclic) bond motifs is 3. The maximum Gasteiger partial charge on any atom is 0.336 e. The minimum atomic E-state index is -1.36. The molecule has 9 nitrogen and oxygen atoms in total. The Morgan fingerprint density at radius 1 is 0.850 bits per heavy atom. The molecule has 0 radical (unpaired) electrons. The van der Waals surface area contributed by atoms with Crippen LogP contribution in [0.15, 0.2) is 81.3 Å². The summed E-state index contributed by atoms with van der Waals surface area (Å²) in [5.74, 6) is -2.09. The minimum Gasteiger partial charge on any atom is -0.478 e. The van der Waals surface area contributed by atoms with Gasteiger partial charge in [-0.25, -0.2) is 4.79 Å². The van der Waals surface area contributed by atoms with E-state index in [9.17, 15) is 24.3 Å². The molecular weight excluding hydrogens is 508 g/mol. The normalized spacial score (nSPS) is 11.7. The van der Waals surface area contributed by atoms with Crippen molar-refractivity contribution >= 4 is 39.3 Å². The Bertz CT molecular complexity index is 1960. The highest BCUT2D eigenvalue weighted by molar-refractivity contribution is 6.27. The van der Waals surface area contributed by atoms with Gasteiger partial charge in [-0.3, -0.25) is 24.4 Å². The third-order valence-electron chi connectivity index (χ3n) is 6.78. The van der Waals surface area contributed by atoms with Crippen LogP contribution in [0.5, 0.6) is 0 Å². The lowest BCUT2D eigenvalue weighted by Gasteiger charge is -2.16. The van der Waals surface area contributed by atoms with Gasteiger partial charge in [-0.2, -0.15) is 0 Å². The number of nitrogens with two attached hydrogens (primary N) is 1. The molecule has 2 aromatic heterocycles. The molecule has 9 heteroatoms. The van der Waals surface area contributed by atoms with Gasteiger partial charge in [0, 0.05) is 39.2 Å². The molecule has 200 valence electrons. The summed E-state index contributed by atoms with van der Waals surface area (Å²) < 4.78 is 0. The zero-order valence-corrected chi connectivity index (χ0v) is 21.9. The number of aromatic amines is 1. The minimum absolute atomic E-state index is 0.0177. The van der Waals surface area contributed by atoms with Crippen LogP contribution < -0.4 is 22.2 Å². The fourth-order valence-corrected chi connectivity index (χ4v) is 4.96. The monoisotopic (exact) mass is 534 g/mol. The highest BCUT2D eigenvalue weighted by atomic mass is 16.4. The summed E-state index contributed by atoms with van der Waals surface area (Å²) in [5, 5.41) is 13.3. The Morgan fingerprint density at radius 2 is 1.45 bits per heavy atom. The van der Waals surface area contributed by atoms with Gasteiger partial charge in [-0.05, 0) is 43.2 Å². The van der Waals surface area contributed by atoms with Gasteiger partial charge in [-0.15, -0.1) is 0 Å². The van der Waals surface area contributed by atoms with Crippen molar-refractivity contribution in [2.75, 3.05) is 0 Å². The Kier molecular flexibility index (Phi) is 6.87. The van der Waals surface area contributed by atoms with Crippen molar-refractivity contribution in [3.8, 4) is 0 Å². The first-order valence-corrected chi connectivity index (χ1v) is 12.6. The fourth-order valence-electron chi connectivity index (χ4n) is 4.96. The van der Waals surface area contributed by atoms with Crippen molar-refractivity contribution < 1.29 is 14.7 Å². The second-order valence-corrected chi connectivity index (χ2v) is 9.71. The van der Waals surface area contributed by atoms with E-state index in [1.165, 1.54) is 18.2 Å². The summed E-state index contributed by atoms with van der Waals surface area (Å²) in [7, 11) is 0. The number of carbonyl (C=O) groups excluding carboxylic acids is 1. The van der Waals surface area contributed by atoms with Crippen LogP contribution >= 0.6 is 0 Å². The van der Waals surface area contributed by atoms with Gasteiger partial charge in [-0.1, -0.05) is 59.7 Å². The number of nitrogens with one attached hydrogen (secondary N) is 2. The molecule has 0 fully saturated rings. The number of aromatic carboxylic acids is 1. The predicted octanol–water partition coefficient (Wildman–Crippen LogP) is 3.63. The number of nitrogens with zero attached hydrogens (tertiary/aromatic N) is 1. The Morgan fingerprint density at radius 3 is 2.08 bits per heavy atom. The first-order chi connectivity index (χ1) is 19.1. The highest BCUT2D eigenvalue weighted by Crippen LogP contribution is 2.32. The molecule has 0 atom stereocenters. The zero-order valence-electron chi connectivity index (χ0n) is 21.9. The van der Waals surface area contributed by atoms with E-state index in [-0.39, 0.29) is 57.2 Å². The van der Waals surface area contributed by atoms with Gasteiger partial charge in [0.2, 0.25) is 0 Å². The molecule has 2 heterocycles. The third kappa shape index (κ3) is 4.92. The lowest BCUT2D eigenvalue weighted by Crippen LogP contribution is -2.25. The molecule has 0 aliphatic heterocycles. The van der Waals surface area contributed by atoms with Crippen LogP contribution in [0, 0.1) is 13.8 Å². The summed E-state index contributed by atoms with van der Waals surface area (Å²) >= 11 is 0. The first kappa shape index (κ1) is 26.3. The summed E-state index contributed by atoms with van der Waals surface area (Å²) in [5.41, 5.74) is 8.33. The Labute approximate surface area is 228 Å². The lowest BCUT2D eigenvalue weighted by molar-refractivity contribution is 0.0697. The van der Waals surface area contributed by atoms with E-state index < -0.39 is 23.0 Å². The summed E-state index contributed by atoms with van der Waals surface area (Å²) in [4.78, 5) is 58.7. The summed E-state index contributed by atoms with van der Waals surface area (Å²) in [6.07, 6.45) is 0. The number of rotatable bonds is 7. The van der Waals surface area contributed by atoms with Crippen molar-refractivity contribution in [1.82, 2.24) is 10.3 Å². The molecule has 5 N–H and O–H groups in total. The molecule has 2 bridgehead atoms. The quantitative estimate of drug-likeness (QED) is 0.185. The van der Waals surface area contributed by atoms with E-state index in [2.05, 4.69) is 15.3 Å². The van der Waals surface area contributed by atoms with E-state index >= 15 is 0 Å². The maximum absolute atomic E-state index is 13.5. The van der Waals surface area contributed by atoms with Gasteiger partial charge < -0.3 is 16.2 Å². The average molecular weight is 535 g/mol. The Hall–Kier alpha value is -5.31. The topological polar surface area (TPSA) is 155 Å². The second-order valence-electron chi connectivity index (χ2n) is 9.71. The SMILES string of the molecule is Cc1cccc(CN=C(N)c2c(C(=O)O)cc(C(=O)NCc3cccc(C)c3)c3c4ccc(c(=O)[nH]c4=O)c23)c1. The molecule has 4 aromatic carbocycles. The van der Waals surface area contributed by atoms with Crippen molar-refractivity contribution in [3.05, 3.63) is 126 Å². The standard InChI is InChI=1S/C31H26N4O5/c1-16-5-3-7-18(11-16)14-33-27(32)26-23(31(39)40)13-22(28(36)34-15-19-8-4-6-17(2)12-19)24-20-9-10-21(25(24)26)30(38)35-29(20)37/h3-13H,14-15H2,1-2H3,(H2,32,33)(H,34,36)(H,39,40)(H,35,37,38). The van der Waals surface area contributed by atoms with Gasteiger partial charge in [0.1, 0.15) is 5.84 Å². The molecular formula is C31H26N4O5. The van der Waals surface area contributed by atoms with Crippen LogP contribution in [0.4, 0.5) is 0 Å². The van der Waals surface area contributed by atoms with Crippen LogP contribution in [0.1, 0.15) is 48.5 Å². The van der Waals surface area contributed by atoms with Crippen LogP contribution in [-0.2, 0) is 13.1 Å². The Balaban J connectivity index is 1.74. The van der Waals surface area contributed by atoms with Gasteiger partial charge in [0.15, 0.2) is 0 Å². The second kappa shape index (κ2) is 10.5. The molecule has 0 saturated heterocycles. The first-order valence-electron chi connectivity index (χ1n) is 12.6. The molecule has 6 aromatic rings. The highest BCUT2D eigenvalue weighted by Gasteiger charge is 2.26. The molecule has 1 amide bonds. The van der Waals surface area contributed by atoms with E-state index in [0.29, 0.717) is 0 Å². The van der Waals surface area contributed by atoms with Gasteiger partial charge in [0.25, 0.3) is 17.0 Å². The number of benzene rings is 4. The van der Waals surface area contributed by atoms with E-state index in [1.54, 1.807) is 0 Å². The lowest BCUT2D eigenvalue weighted by atomic mass is 9.90. The summed E-state index contributed by atoms with van der Waals surface area (Å²) in [6.45, 7) is 4.20. The number of amides is 1. The van der Waals surface area contributed by atoms with Crippen molar-refractivity contribution in [2.24, 2.45) is 10.7 Å². The number of aliphatic imine (C=N–C) groups is 1. The largest absolute Gasteiger partial charge is 0.478 e. The molecule has 6 rings (SSSR count). The number of amidine groups is 1. The van der Waals surface area contributed by atoms with Gasteiger partial charge >= 0.3 is 5.97 Å². The van der Waals surface area contributed by atoms with E-state index in [4.69, 9.17) is 5.73 Å². The van der Waals surface area contributed by atoms with E-state index in [1.807, 2.05) is 62.4 Å². The molecule has 40 heavy (non-hydrogen) atoms. The third-order valence-corrected chi connectivity index (χ3v) is 6.78. The van der Waals surface area contributed by atoms with E-state index in [0.717, 1.165) is 22.3 Å². The smallest absolute Gasteiger partial charge is 0.336 e. The molecule has 0 spiro atoms. The van der Waals surface area contributed by atoms with Crippen molar-refractivity contribution in [2.45, 2.75) is 26.9 Å². The van der Waals surface area contributed by atoms with Gasteiger partial charge in [0.05, 0.1) is 12.1 Å². The predicted molar refractivity (Wildman–Crippen MR) is 154 cm³/mol. The number of carboxylic acids is 1. The number of H-pyrrole nitrogens is 1. The van der Waals surface area contributed by atoms with Crippen LogP contribution in [0.25, 0.3) is 21.5 Å². The number of hydrogen-bond acceptors (Lipinski definition) is 5. The molecule has 0 aliphatic carbocycles. The maximum atomic E-state index is 13.5. The fraction of sp³-hybridized carbons (Fsp3) is 0.129. The number of hydrogen-bond donors (Lipinski definition) is 4. The molecule has 0 aliphatic rings. The number of carbonyl (C=O) groups is 2. The van der Waals surface area contributed by atoms with Crippen LogP contribution in [-0.4, -0.2) is 27.8 Å². The summed E-state index contributed by atoms with van der Waals surface area (Å²) in [6, 6.07) is 19.2. The molecule has 0 unspecified atom stereocenters. The molecule has 0 saturated carbocycles. The van der Waals surface area contributed by atoms with Crippen LogP contribution in [0.2, 0.25) is 0 Å². The van der Waals surface area contributed by atoms with Crippen molar-refractivity contribution in [3.63, 3.8) is 0 Å². The average Bonchev–Trinajstić information content (AvgIpc) is 3.13. The number of carboxylic acid groups (broad SMARTS) is 1. The number of aromatic nitrogens is 1.